The minimum absolute atomic E-state index is 0.585. The Hall–Kier alpha value is -2.76. The first-order valence-electron chi connectivity index (χ1n) is 8.25. The zero-order chi connectivity index (χ0) is 17.8. The largest absolute Gasteiger partial charge is 0.468 e. The Bertz CT molecular complexity index is 892. The van der Waals surface area contributed by atoms with Crippen LogP contribution in [0.25, 0.3) is 11.3 Å². The lowest BCUT2D eigenvalue weighted by Gasteiger charge is -2.18. The van der Waals surface area contributed by atoms with Gasteiger partial charge in [0.15, 0.2) is 5.76 Å². The van der Waals surface area contributed by atoms with Crippen LogP contribution in [0.4, 0.5) is 0 Å². The summed E-state index contributed by atoms with van der Waals surface area (Å²) in [5.74, 6) is 2.54. The van der Waals surface area contributed by atoms with Crippen molar-refractivity contribution in [2.75, 3.05) is 0 Å². The molecular weight excluding hydrogens is 352 g/mol. The number of furan rings is 2. The molecule has 6 heteroatoms. The highest BCUT2D eigenvalue weighted by Crippen LogP contribution is 2.23. The number of aromatic nitrogens is 1. The lowest BCUT2D eigenvalue weighted by molar-refractivity contribution is 0.187. The minimum Gasteiger partial charge on any atom is -0.468 e. The van der Waals surface area contributed by atoms with Crippen LogP contribution in [0.1, 0.15) is 17.3 Å². The average Bonchev–Trinajstić information content (AvgIpc) is 3.38. The molecule has 0 amide bonds. The van der Waals surface area contributed by atoms with Gasteiger partial charge in [-0.3, -0.25) is 4.90 Å². The molecule has 3 heterocycles. The van der Waals surface area contributed by atoms with Crippen LogP contribution in [0.15, 0.2) is 80.5 Å². The molecule has 0 aliphatic heterocycles. The third kappa shape index (κ3) is 4.07. The predicted molar refractivity (Wildman–Crippen MR) is 97.3 cm³/mol. The quantitative estimate of drug-likeness (QED) is 0.438. The molecule has 0 aliphatic carbocycles. The van der Waals surface area contributed by atoms with E-state index in [1.165, 1.54) is 0 Å². The molecule has 0 N–H and O–H groups in total. The number of rotatable bonds is 7. The standard InChI is InChI=1S/C20H17ClN2O3/c21-16-7-5-15(6-8-16)20-11-19(26-22-20)14-23(12-17-3-1-9-24-17)13-18-4-2-10-25-18/h1-11H,12-14H2. The van der Waals surface area contributed by atoms with Crippen LogP contribution in [0.5, 0.6) is 0 Å². The highest BCUT2D eigenvalue weighted by Gasteiger charge is 2.15. The highest BCUT2D eigenvalue weighted by atomic mass is 35.5. The summed E-state index contributed by atoms with van der Waals surface area (Å²) in [6.07, 6.45) is 3.35. The van der Waals surface area contributed by atoms with Crippen molar-refractivity contribution >= 4 is 11.6 Å². The van der Waals surface area contributed by atoms with Crippen molar-refractivity contribution in [2.45, 2.75) is 19.6 Å². The molecule has 0 bridgehead atoms. The molecule has 4 rings (SSSR count). The van der Waals surface area contributed by atoms with Gasteiger partial charge < -0.3 is 13.4 Å². The Morgan fingerprint density at radius 2 is 1.42 bits per heavy atom. The maximum absolute atomic E-state index is 5.94. The SMILES string of the molecule is Clc1ccc(-c2cc(CN(Cc3ccco3)Cc3ccco3)on2)cc1. The van der Waals surface area contributed by atoms with Crippen LogP contribution in [0, 0.1) is 0 Å². The summed E-state index contributed by atoms with van der Waals surface area (Å²) in [7, 11) is 0. The number of nitrogens with zero attached hydrogens (tertiary/aromatic N) is 2. The molecular formula is C20H17ClN2O3. The smallest absolute Gasteiger partial charge is 0.151 e. The van der Waals surface area contributed by atoms with E-state index in [0.717, 1.165) is 28.5 Å². The normalized spacial score (nSPS) is 11.3. The molecule has 0 unspecified atom stereocenters. The number of halogens is 1. The fourth-order valence-electron chi connectivity index (χ4n) is 2.78. The van der Waals surface area contributed by atoms with Crippen molar-refractivity contribution < 1.29 is 13.4 Å². The zero-order valence-electron chi connectivity index (χ0n) is 14.0. The van der Waals surface area contributed by atoms with Gasteiger partial charge in [0.25, 0.3) is 0 Å². The Morgan fingerprint density at radius 3 is 2.00 bits per heavy atom. The van der Waals surface area contributed by atoms with Gasteiger partial charge in [0, 0.05) is 16.7 Å². The third-order valence-corrected chi connectivity index (χ3v) is 4.25. The second-order valence-electron chi connectivity index (χ2n) is 5.99. The highest BCUT2D eigenvalue weighted by molar-refractivity contribution is 6.30. The van der Waals surface area contributed by atoms with Crippen molar-refractivity contribution in [3.63, 3.8) is 0 Å². The van der Waals surface area contributed by atoms with E-state index in [4.69, 9.17) is 25.0 Å². The first kappa shape index (κ1) is 16.7. The Labute approximate surface area is 155 Å². The van der Waals surface area contributed by atoms with Gasteiger partial charge in [0.1, 0.15) is 17.2 Å². The van der Waals surface area contributed by atoms with Gasteiger partial charge >= 0.3 is 0 Å². The molecule has 4 aromatic rings. The van der Waals surface area contributed by atoms with Crippen molar-refractivity contribution in [3.05, 3.63) is 89.4 Å². The Kier molecular flexibility index (Phi) is 4.91. The number of hydrogen-bond acceptors (Lipinski definition) is 5. The summed E-state index contributed by atoms with van der Waals surface area (Å²) < 4.78 is 16.5. The molecule has 0 saturated carbocycles. The van der Waals surface area contributed by atoms with E-state index >= 15 is 0 Å². The molecule has 26 heavy (non-hydrogen) atoms. The van der Waals surface area contributed by atoms with Gasteiger partial charge in [-0.1, -0.05) is 28.9 Å². The molecule has 1 aromatic carbocycles. The third-order valence-electron chi connectivity index (χ3n) is 4.00. The van der Waals surface area contributed by atoms with E-state index in [1.54, 1.807) is 12.5 Å². The van der Waals surface area contributed by atoms with E-state index in [1.807, 2.05) is 54.6 Å². The zero-order valence-corrected chi connectivity index (χ0v) is 14.7. The lowest BCUT2D eigenvalue weighted by Crippen LogP contribution is -2.21. The van der Waals surface area contributed by atoms with E-state index < -0.39 is 0 Å². The second kappa shape index (κ2) is 7.64. The summed E-state index contributed by atoms with van der Waals surface area (Å²) in [5.41, 5.74) is 1.75. The molecule has 3 aromatic heterocycles. The van der Waals surface area contributed by atoms with Gasteiger partial charge in [-0.05, 0) is 36.4 Å². The maximum atomic E-state index is 5.94. The van der Waals surface area contributed by atoms with Crippen molar-refractivity contribution in [2.24, 2.45) is 0 Å². The molecule has 0 spiro atoms. The average molecular weight is 369 g/mol. The summed E-state index contributed by atoms with van der Waals surface area (Å²) in [4.78, 5) is 2.17. The van der Waals surface area contributed by atoms with Gasteiger partial charge in [0.05, 0.1) is 32.2 Å². The first-order chi connectivity index (χ1) is 12.8. The summed E-state index contributed by atoms with van der Waals surface area (Å²) in [6.45, 7) is 1.87. The Morgan fingerprint density at radius 1 is 0.808 bits per heavy atom. The molecule has 0 radical (unpaired) electrons. The van der Waals surface area contributed by atoms with Gasteiger partial charge in [-0.2, -0.15) is 0 Å². The van der Waals surface area contributed by atoms with Crippen LogP contribution in [0.3, 0.4) is 0 Å². The minimum atomic E-state index is 0.585. The fourth-order valence-corrected chi connectivity index (χ4v) is 2.90. The summed E-state index contributed by atoms with van der Waals surface area (Å²) in [6, 6.07) is 17.1. The van der Waals surface area contributed by atoms with Crippen molar-refractivity contribution in [3.8, 4) is 11.3 Å². The molecule has 0 fully saturated rings. The van der Waals surface area contributed by atoms with E-state index in [9.17, 15) is 0 Å². The maximum Gasteiger partial charge on any atom is 0.151 e. The van der Waals surface area contributed by atoms with Crippen LogP contribution in [-0.2, 0) is 19.6 Å². The van der Waals surface area contributed by atoms with Gasteiger partial charge in [-0.25, -0.2) is 0 Å². The van der Waals surface area contributed by atoms with Crippen LogP contribution in [-0.4, -0.2) is 10.1 Å². The second-order valence-corrected chi connectivity index (χ2v) is 6.43. The molecule has 0 aliphatic rings. The summed E-state index contributed by atoms with van der Waals surface area (Å²) >= 11 is 5.94. The Balaban J connectivity index is 1.50. The van der Waals surface area contributed by atoms with E-state index in [0.29, 0.717) is 24.7 Å². The molecule has 0 saturated heterocycles. The van der Waals surface area contributed by atoms with Gasteiger partial charge in [-0.15, -0.1) is 0 Å². The number of hydrogen-bond donors (Lipinski definition) is 0. The topological polar surface area (TPSA) is 55.6 Å². The first-order valence-corrected chi connectivity index (χ1v) is 8.63. The van der Waals surface area contributed by atoms with Crippen LogP contribution >= 0.6 is 11.6 Å². The van der Waals surface area contributed by atoms with Crippen LogP contribution in [0.2, 0.25) is 5.02 Å². The summed E-state index contributed by atoms with van der Waals surface area (Å²) in [5, 5.41) is 4.87. The van der Waals surface area contributed by atoms with Crippen molar-refractivity contribution in [1.82, 2.24) is 10.1 Å². The van der Waals surface area contributed by atoms with E-state index in [-0.39, 0.29) is 0 Å². The van der Waals surface area contributed by atoms with Gasteiger partial charge in [0.2, 0.25) is 0 Å². The predicted octanol–water partition coefficient (Wildman–Crippen LogP) is 5.38. The fraction of sp³-hybridized carbons (Fsp3) is 0.150. The van der Waals surface area contributed by atoms with Crippen LogP contribution < -0.4 is 0 Å². The lowest BCUT2D eigenvalue weighted by atomic mass is 10.1. The van der Waals surface area contributed by atoms with Crippen molar-refractivity contribution in [1.29, 1.82) is 0 Å². The number of benzene rings is 1. The monoisotopic (exact) mass is 368 g/mol. The van der Waals surface area contributed by atoms with E-state index in [2.05, 4.69) is 10.1 Å². The molecule has 5 nitrogen and oxygen atoms in total. The molecule has 0 atom stereocenters. The molecule has 132 valence electrons.